The van der Waals surface area contributed by atoms with Gasteiger partial charge in [-0.25, -0.2) is 0 Å². The molecule has 0 aromatic heterocycles. The van der Waals surface area contributed by atoms with Crippen molar-refractivity contribution in [3.05, 3.63) is 64.2 Å². The average Bonchev–Trinajstić information content (AvgIpc) is 2.76. The molecule has 1 amide bonds. The standard InChI is InChI=1S/C24H31N3O4/c1-24(2,3)19-6-12-22(13-7-19)31-18-4-5-23(28)26-16-14-25(15-17-26)20-8-10-21(11-9-20)27(29)30/h6-13H,4-5,14-18H2,1-3H3. The number of nitrogens with zero attached hydrogens (tertiary/aromatic N) is 3. The van der Waals surface area contributed by atoms with Crippen LogP contribution in [-0.2, 0) is 10.2 Å². The lowest BCUT2D eigenvalue weighted by molar-refractivity contribution is -0.384. The fourth-order valence-electron chi connectivity index (χ4n) is 3.62. The molecule has 0 bridgehead atoms. The highest BCUT2D eigenvalue weighted by Gasteiger charge is 2.21. The minimum Gasteiger partial charge on any atom is -0.494 e. The van der Waals surface area contributed by atoms with Crippen LogP contribution in [0.3, 0.4) is 0 Å². The van der Waals surface area contributed by atoms with Gasteiger partial charge < -0.3 is 14.5 Å². The summed E-state index contributed by atoms with van der Waals surface area (Å²) in [6.07, 6.45) is 1.15. The van der Waals surface area contributed by atoms with E-state index in [-0.39, 0.29) is 17.0 Å². The molecule has 0 N–H and O–H groups in total. The van der Waals surface area contributed by atoms with E-state index >= 15 is 0 Å². The molecule has 3 rings (SSSR count). The van der Waals surface area contributed by atoms with Crippen LogP contribution in [0.15, 0.2) is 48.5 Å². The van der Waals surface area contributed by atoms with Gasteiger partial charge in [0.2, 0.25) is 5.91 Å². The Morgan fingerprint density at radius 1 is 1.00 bits per heavy atom. The summed E-state index contributed by atoms with van der Waals surface area (Å²) in [5.41, 5.74) is 2.42. The van der Waals surface area contributed by atoms with Crippen LogP contribution in [0.2, 0.25) is 0 Å². The molecule has 1 saturated heterocycles. The average molecular weight is 426 g/mol. The van der Waals surface area contributed by atoms with Gasteiger partial charge in [0.15, 0.2) is 0 Å². The number of rotatable bonds is 7. The molecule has 1 heterocycles. The normalized spacial score (nSPS) is 14.4. The second kappa shape index (κ2) is 9.81. The molecule has 7 heteroatoms. The smallest absolute Gasteiger partial charge is 0.269 e. The number of ether oxygens (including phenoxy) is 1. The third-order valence-corrected chi connectivity index (χ3v) is 5.58. The lowest BCUT2D eigenvalue weighted by Crippen LogP contribution is -2.48. The monoisotopic (exact) mass is 425 g/mol. The molecule has 1 aliphatic heterocycles. The van der Waals surface area contributed by atoms with Crippen molar-refractivity contribution in [1.29, 1.82) is 0 Å². The Morgan fingerprint density at radius 3 is 2.16 bits per heavy atom. The highest BCUT2D eigenvalue weighted by atomic mass is 16.6. The Hall–Kier alpha value is -3.09. The molecule has 1 aliphatic rings. The number of nitro benzene ring substituents is 1. The first kappa shape index (κ1) is 22.6. The first-order valence-electron chi connectivity index (χ1n) is 10.7. The number of anilines is 1. The Kier molecular flexibility index (Phi) is 7.15. The minimum atomic E-state index is -0.398. The number of piperazine rings is 1. The largest absolute Gasteiger partial charge is 0.494 e. The summed E-state index contributed by atoms with van der Waals surface area (Å²) in [6.45, 7) is 9.82. The first-order chi connectivity index (χ1) is 14.7. The topological polar surface area (TPSA) is 75.9 Å². The van der Waals surface area contributed by atoms with E-state index in [1.54, 1.807) is 12.1 Å². The highest BCUT2D eigenvalue weighted by Crippen LogP contribution is 2.24. The van der Waals surface area contributed by atoms with E-state index in [0.29, 0.717) is 32.5 Å². The van der Waals surface area contributed by atoms with E-state index < -0.39 is 4.92 Å². The zero-order valence-corrected chi connectivity index (χ0v) is 18.5. The highest BCUT2D eigenvalue weighted by molar-refractivity contribution is 5.76. The maximum atomic E-state index is 12.5. The fraction of sp³-hybridized carbons (Fsp3) is 0.458. The van der Waals surface area contributed by atoms with Gasteiger partial charge in [0, 0.05) is 50.4 Å². The predicted octanol–water partition coefficient (Wildman–Crippen LogP) is 4.40. The van der Waals surface area contributed by atoms with Gasteiger partial charge in [-0.1, -0.05) is 32.9 Å². The van der Waals surface area contributed by atoms with Crippen molar-refractivity contribution in [2.75, 3.05) is 37.7 Å². The van der Waals surface area contributed by atoms with Crippen molar-refractivity contribution in [1.82, 2.24) is 4.90 Å². The number of amides is 1. The van der Waals surface area contributed by atoms with Crippen LogP contribution < -0.4 is 9.64 Å². The summed E-state index contributed by atoms with van der Waals surface area (Å²) in [6, 6.07) is 14.7. The van der Waals surface area contributed by atoms with Crippen LogP contribution in [-0.4, -0.2) is 48.5 Å². The molecule has 0 radical (unpaired) electrons. The lowest BCUT2D eigenvalue weighted by Gasteiger charge is -2.36. The van der Waals surface area contributed by atoms with Crippen LogP contribution in [0.25, 0.3) is 0 Å². The number of nitro groups is 1. The van der Waals surface area contributed by atoms with Crippen LogP contribution in [0.5, 0.6) is 5.75 Å². The number of hydrogen-bond acceptors (Lipinski definition) is 5. The van der Waals surface area contributed by atoms with Crippen molar-refractivity contribution in [3.8, 4) is 5.75 Å². The molecule has 166 valence electrons. The van der Waals surface area contributed by atoms with Crippen LogP contribution >= 0.6 is 0 Å². The van der Waals surface area contributed by atoms with Gasteiger partial charge in [-0.3, -0.25) is 14.9 Å². The predicted molar refractivity (Wildman–Crippen MR) is 122 cm³/mol. The summed E-state index contributed by atoms with van der Waals surface area (Å²) < 4.78 is 5.79. The maximum absolute atomic E-state index is 12.5. The summed E-state index contributed by atoms with van der Waals surface area (Å²) in [7, 11) is 0. The minimum absolute atomic E-state index is 0.0879. The molecule has 1 fully saturated rings. The van der Waals surface area contributed by atoms with Crippen LogP contribution in [0, 0.1) is 10.1 Å². The van der Waals surface area contributed by atoms with Gasteiger partial charge >= 0.3 is 0 Å². The molecule has 2 aromatic rings. The van der Waals surface area contributed by atoms with Crippen molar-refractivity contribution < 1.29 is 14.5 Å². The zero-order chi connectivity index (χ0) is 22.4. The van der Waals surface area contributed by atoms with Crippen molar-refractivity contribution >= 4 is 17.3 Å². The molecule has 0 spiro atoms. The number of carbonyl (C=O) groups is 1. The van der Waals surface area contributed by atoms with Gasteiger partial charge in [0.05, 0.1) is 11.5 Å². The molecule has 0 aliphatic carbocycles. The van der Waals surface area contributed by atoms with Crippen molar-refractivity contribution in [3.63, 3.8) is 0 Å². The molecule has 31 heavy (non-hydrogen) atoms. The van der Waals surface area contributed by atoms with E-state index in [2.05, 4.69) is 37.8 Å². The zero-order valence-electron chi connectivity index (χ0n) is 18.5. The second-order valence-corrected chi connectivity index (χ2v) is 8.87. The summed E-state index contributed by atoms with van der Waals surface area (Å²) in [4.78, 5) is 26.9. The molecule has 0 saturated carbocycles. The summed E-state index contributed by atoms with van der Waals surface area (Å²) >= 11 is 0. The maximum Gasteiger partial charge on any atom is 0.269 e. The Balaban J connectivity index is 1.37. The third kappa shape index (κ3) is 6.20. The SMILES string of the molecule is CC(C)(C)c1ccc(OCCCC(=O)N2CCN(c3ccc([N+](=O)[O-])cc3)CC2)cc1. The van der Waals surface area contributed by atoms with Crippen molar-refractivity contribution in [2.45, 2.75) is 39.0 Å². The molecule has 0 unspecified atom stereocenters. The molecule has 2 aromatic carbocycles. The van der Waals surface area contributed by atoms with E-state index in [1.165, 1.54) is 17.7 Å². The van der Waals surface area contributed by atoms with E-state index in [9.17, 15) is 14.9 Å². The van der Waals surface area contributed by atoms with E-state index in [0.717, 1.165) is 24.5 Å². The quantitative estimate of drug-likeness (QED) is 0.373. The number of non-ortho nitro benzene ring substituents is 1. The number of hydrogen-bond donors (Lipinski definition) is 0. The van der Waals surface area contributed by atoms with Crippen LogP contribution in [0.4, 0.5) is 11.4 Å². The lowest BCUT2D eigenvalue weighted by atomic mass is 9.87. The molecular formula is C24H31N3O4. The molecular weight excluding hydrogens is 394 g/mol. The van der Waals surface area contributed by atoms with Crippen molar-refractivity contribution in [2.24, 2.45) is 0 Å². The first-order valence-corrected chi connectivity index (χ1v) is 10.7. The van der Waals surface area contributed by atoms with Gasteiger partial charge in [-0.2, -0.15) is 0 Å². The second-order valence-electron chi connectivity index (χ2n) is 8.87. The Labute approximate surface area is 183 Å². The van der Waals surface area contributed by atoms with Crippen LogP contribution in [0.1, 0.15) is 39.2 Å². The Bertz CT molecular complexity index is 881. The number of carbonyl (C=O) groups excluding carboxylic acids is 1. The third-order valence-electron chi connectivity index (χ3n) is 5.58. The van der Waals surface area contributed by atoms with E-state index in [1.807, 2.05) is 17.0 Å². The van der Waals surface area contributed by atoms with Gasteiger partial charge in [-0.05, 0) is 41.7 Å². The van der Waals surface area contributed by atoms with E-state index in [4.69, 9.17) is 4.74 Å². The summed E-state index contributed by atoms with van der Waals surface area (Å²) in [5, 5.41) is 10.8. The number of benzene rings is 2. The Morgan fingerprint density at radius 2 is 1.61 bits per heavy atom. The fourth-order valence-corrected chi connectivity index (χ4v) is 3.62. The van der Waals surface area contributed by atoms with Gasteiger partial charge in [0.25, 0.3) is 5.69 Å². The van der Waals surface area contributed by atoms with Gasteiger partial charge in [-0.15, -0.1) is 0 Å². The van der Waals surface area contributed by atoms with Gasteiger partial charge in [0.1, 0.15) is 5.75 Å². The molecule has 0 atom stereocenters. The molecule has 7 nitrogen and oxygen atoms in total. The summed E-state index contributed by atoms with van der Waals surface area (Å²) in [5.74, 6) is 0.979.